The van der Waals surface area contributed by atoms with Crippen molar-refractivity contribution in [2.75, 3.05) is 19.0 Å². The first-order valence-corrected chi connectivity index (χ1v) is 5.08. The molecule has 1 N–H and O–H groups in total. The van der Waals surface area contributed by atoms with Gasteiger partial charge in [-0.25, -0.2) is 4.39 Å². The Balaban J connectivity index is 2.81. The van der Waals surface area contributed by atoms with Gasteiger partial charge in [-0.3, -0.25) is 10.1 Å². The molecule has 0 aliphatic rings. The highest BCUT2D eigenvalue weighted by Crippen LogP contribution is 2.20. The summed E-state index contributed by atoms with van der Waals surface area (Å²) < 4.78 is 18.3. The summed E-state index contributed by atoms with van der Waals surface area (Å²) in [5.41, 5.74) is -0.342. The molecule has 0 amide bonds. The minimum atomic E-state index is -0.642. The van der Waals surface area contributed by atoms with Crippen LogP contribution in [-0.2, 0) is 4.74 Å². The Bertz CT molecular complexity index is 421. The summed E-state index contributed by atoms with van der Waals surface area (Å²) in [6, 6.07) is 3.38. The molecule has 0 unspecified atom stereocenters. The van der Waals surface area contributed by atoms with Crippen molar-refractivity contribution in [3.05, 3.63) is 34.1 Å². The van der Waals surface area contributed by atoms with Crippen molar-refractivity contribution in [3.8, 4) is 0 Å². The van der Waals surface area contributed by atoms with Gasteiger partial charge in [-0.2, -0.15) is 0 Å². The number of hydrogen-bond acceptors (Lipinski definition) is 4. The van der Waals surface area contributed by atoms with Gasteiger partial charge < -0.3 is 10.1 Å². The number of nitrogens with zero attached hydrogens (tertiary/aromatic N) is 1. The number of non-ortho nitro benzene ring substituents is 1. The molecule has 1 aromatic carbocycles. The molecule has 94 valence electrons. The Hall–Kier alpha value is -1.69. The minimum Gasteiger partial charge on any atom is -0.382 e. The van der Waals surface area contributed by atoms with Crippen molar-refractivity contribution in [2.45, 2.75) is 19.4 Å². The van der Waals surface area contributed by atoms with E-state index in [9.17, 15) is 14.5 Å². The fourth-order valence-electron chi connectivity index (χ4n) is 1.17. The zero-order chi connectivity index (χ0) is 13.1. The Kier molecular flexibility index (Phi) is 4.01. The molecule has 0 bridgehead atoms. The summed E-state index contributed by atoms with van der Waals surface area (Å²) in [7, 11) is 1.57. The predicted molar refractivity (Wildman–Crippen MR) is 62.6 cm³/mol. The number of benzene rings is 1. The van der Waals surface area contributed by atoms with Crippen LogP contribution in [-0.4, -0.2) is 24.2 Å². The highest BCUT2D eigenvalue weighted by molar-refractivity contribution is 5.51. The van der Waals surface area contributed by atoms with Crippen LogP contribution >= 0.6 is 0 Å². The lowest BCUT2D eigenvalue weighted by atomic mass is 10.1. The molecule has 0 spiro atoms. The first kappa shape index (κ1) is 13.4. The molecule has 0 aliphatic heterocycles. The molecule has 0 saturated heterocycles. The van der Waals surface area contributed by atoms with Gasteiger partial charge in [0, 0.05) is 25.4 Å². The summed E-state index contributed by atoms with van der Waals surface area (Å²) in [5, 5.41) is 13.5. The van der Waals surface area contributed by atoms with Crippen LogP contribution in [0.15, 0.2) is 18.2 Å². The molecule has 0 radical (unpaired) electrons. The summed E-state index contributed by atoms with van der Waals surface area (Å²) >= 11 is 0. The maximum Gasteiger partial charge on any atom is 0.274 e. The first-order chi connectivity index (χ1) is 7.84. The number of halogens is 1. The van der Waals surface area contributed by atoms with Crippen molar-refractivity contribution in [2.24, 2.45) is 0 Å². The number of rotatable bonds is 5. The average molecular weight is 242 g/mol. The third-order valence-electron chi connectivity index (χ3n) is 2.36. The van der Waals surface area contributed by atoms with E-state index >= 15 is 0 Å². The highest BCUT2D eigenvalue weighted by atomic mass is 19.1. The fraction of sp³-hybridized carbons (Fsp3) is 0.455. The average Bonchev–Trinajstić information content (AvgIpc) is 2.26. The molecule has 1 rings (SSSR count). The summed E-state index contributed by atoms with van der Waals surface area (Å²) in [6.07, 6.45) is 0. The topological polar surface area (TPSA) is 64.4 Å². The van der Waals surface area contributed by atoms with Crippen molar-refractivity contribution in [1.29, 1.82) is 0 Å². The van der Waals surface area contributed by atoms with Gasteiger partial charge in [0.2, 0.25) is 0 Å². The molecular weight excluding hydrogens is 227 g/mol. The molecule has 0 aromatic heterocycles. The Morgan fingerprint density at radius 1 is 1.47 bits per heavy atom. The zero-order valence-electron chi connectivity index (χ0n) is 9.99. The van der Waals surface area contributed by atoms with E-state index in [1.165, 1.54) is 12.1 Å². The molecule has 17 heavy (non-hydrogen) atoms. The normalized spacial score (nSPS) is 11.3. The van der Waals surface area contributed by atoms with Crippen molar-refractivity contribution in [1.82, 2.24) is 0 Å². The monoisotopic (exact) mass is 242 g/mol. The molecule has 0 aliphatic carbocycles. The molecule has 5 nitrogen and oxygen atoms in total. The van der Waals surface area contributed by atoms with E-state index in [1.807, 2.05) is 13.8 Å². The highest BCUT2D eigenvalue weighted by Gasteiger charge is 2.17. The van der Waals surface area contributed by atoms with E-state index in [1.54, 1.807) is 7.11 Å². The Morgan fingerprint density at radius 3 is 2.65 bits per heavy atom. The lowest BCUT2D eigenvalue weighted by Crippen LogP contribution is -2.32. The maximum atomic E-state index is 13.1. The van der Waals surface area contributed by atoms with Crippen LogP contribution in [0.4, 0.5) is 15.8 Å². The number of nitrogens with one attached hydrogen (secondary N) is 1. The molecular formula is C11H15FN2O3. The largest absolute Gasteiger partial charge is 0.382 e. The van der Waals surface area contributed by atoms with Crippen molar-refractivity contribution in [3.63, 3.8) is 0 Å². The first-order valence-electron chi connectivity index (χ1n) is 5.08. The third kappa shape index (κ3) is 3.99. The number of hydrogen-bond donors (Lipinski definition) is 1. The quantitative estimate of drug-likeness (QED) is 0.636. The summed E-state index contributed by atoms with van der Waals surface area (Å²) in [5.74, 6) is -0.642. The van der Waals surface area contributed by atoms with Gasteiger partial charge in [-0.05, 0) is 19.9 Å². The zero-order valence-corrected chi connectivity index (χ0v) is 9.99. The molecule has 0 atom stereocenters. The van der Waals surface area contributed by atoms with Crippen LogP contribution in [0.3, 0.4) is 0 Å². The number of nitro groups is 1. The summed E-state index contributed by atoms with van der Waals surface area (Å²) in [4.78, 5) is 9.92. The van der Waals surface area contributed by atoms with Gasteiger partial charge in [0.25, 0.3) is 5.69 Å². The van der Waals surface area contributed by atoms with Crippen molar-refractivity contribution >= 4 is 11.4 Å². The molecule has 6 heteroatoms. The fourth-order valence-corrected chi connectivity index (χ4v) is 1.17. The predicted octanol–water partition coefficient (Wildman–Crippen LogP) is 2.57. The van der Waals surface area contributed by atoms with Gasteiger partial charge in [0.05, 0.1) is 16.6 Å². The van der Waals surface area contributed by atoms with Crippen LogP contribution in [0.5, 0.6) is 0 Å². The Morgan fingerprint density at radius 2 is 2.12 bits per heavy atom. The Labute approximate surface area is 98.7 Å². The lowest BCUT2D eigenvalue weighted by Gasteiger charge is -2.23. The number of nitro benzene ring substituents is 1. The third-order valence-corrected chi connectivity index (χ3v) is 2.36. The smallest absolute Gasteiger partial charge is 0.274 e. The van der Waals surface area contributed by atoms with E-state index in [-0.39, 0.29) is 5.69 Å². The van der Waals surface area contributed by atoms with Crippen LogP contribution in [0.2, 0.25) is 0 Å². The second-order valence-corrected chi connectivity index (χ2v) is 4.27. The van der Waals surface area contributed by atoms with Gasteiger partial charge >= 0.3 is 0 Å². The van der Waals surface area contributed by atoms with Gasteiger partial charge in [0.1, 0.15) is 5.82 Å². The maximum absolute atomic E-state index is 13.1. The SMILES string of the molecule is COC(C)(C)CNc1cc(F)cc([N+](=O)[O-])c1. The summed E-state index contributed by atoms with van der Waals surface area (Å²) in [6.45, 7) is 4.13. The van der Waals surface area contributed by atoms with Crippen LogP contribution in [0.1, 0.15) is 13.8 Å². The minimum absolute atomic E-state index is 0.275. The van der Waals surface area contributed by atoms with Crippen LogP contribution in [0.25, 0.3) is 0 Å². The second kappa shape index (κ2) is 5.09. The lowest BCUT2D eigenvalue weighted by molar-refractivity contribution is -0.385. The van der Waals surface area contributed by atoms with Crippen LogP contribution in [0, 0.1) is 15.9 Å². The van der Waals surface area contributed by atoms with E-state index in [4.69, 9.17) is 4.74 Å². The van der Waals surface area contributed by atoms with E-state index in [0.717, 1.165) is 6.07 Å². The van der Waals surface area contributed by atoms with E-state index in [0.29, 0.717) is 12.2 Å². The van der Waals surface area contributed by atoms with Gasteiger partial charge in [0.15, 0.2) is 0 Å². The van der Waals surface area contributed by atoms with E-state index < -0.39 is 16.3 Å². The van der Waals surface area contributed by atoms with E-state index in [2.05, 4.69) is 5.32 Å². The second-order valence-electron chi connectivity index (χ2n) is 4.27. The van der Waals surface area contributed by atoms with Crippen molar-refractivity contribution < 1.29 is 14.1 Å². The van der Waals surface area contributed by atoms with Crippen LogP contribution < -0.4 is 5.32 Å². The van der Waals surface area contributed by atoms with Gasteiger partial charge in [-0.1, -0.05) is 0 Å². The van der Waals surface area contributed by atoms with Gasteiger partial charge in [-0.15, -0.1) is 0 Å². The standard InChI is InChI=1S/C11H15FN2O3/c1-11(2,17-3)7-13-9-4-8(12)5-10(6-9)14(15)16/h4-6,13H,7H2,1-3H3. The number of methoxy groups -OCH3 is 1. The molecule has 1 aromatic rings. The number of anilines is 1. The molecule has 0 fully saturated rings. The molecule has 0 heterocycles. The number of ether oxygens (including phenoxy) is 1. The molecule has 0 saturated carbocycles.